The van der Waals surface area contributed by atoms with Crippen molar-refractivity contribution in [2.75, 3.05) is 5.75 Å². The summed E-state index contributed by atoms with van der Waals surface area (Å²) in [6.07, 6.45) is 0.0236. The SMILES string of the molecule is CC(C)NC(=O)C(=O)NNC(=O)CCSc1ccc(F)c(F)c1. The van der Waals surface area contributed by atoms with E-state index in [4.69, 9.17) is 0 Å². The lowest BCUT2D eigenvalue weighted by Crippen LogP contribution is -2.49. The van der Waals surface area contributed by atoms with E-state index in [0.717, 1.165) is 23.9 Å². The number of benzene rings is 1. The van der Waals surface area contributed by atoms with Gasteiger partial charge in [-0.25, -0.2) is 8.78 Å². The van der Waals surface area contributed by atoms with Gasteiger partial charge < -0.3 is 5.32 Å². The molecular formula is C14H17F2N3O3S. The molecule has 0 aliphatic heterocycles. The first-order valence-electron chi connectivity index (χ1n) is 6.77. The summed E-state index contributed by atoms with van der Waals surface area (Å²) in [6.45, 7) is 3.39. The molecule has 1 aromatic carbocycles. The van der Waals surface area contributed by atoms with E-state index in [-0.39, 0.29) is 12.5 Å². The Morgan fingerprint density at radius 2 is 1.78 bits per heavy atom. The van der Waals surface area contributed by atoms with Crippen molar-refractivity contribution in [3.63, 3.8) is 0 Å². The van der Waals surface area contributed by atoms with Crippen molar-refractivity contribution in [3.8, 4) is 0 Å². The monoisotopic (exact) mass is 345 g/mol. The number of nitrogens with one attached hydrogen (secondary N) is 3. The minimum atomic E-state index is -0.972. The van der Waals surface area contributed by atoms with Gasteiger partial charge >= 0.3 is 11.8 Å². The van der Waals surface area contributed by atoms with Crippen LogP contribution < -0.4 is 16.2 Å². The second-order valence-electron chi connectivity index (χ2n) is 4.80. The highest BCUT2D eigenvalue weighted by Crippen LogP contribution is 2.20. The third kappa shape index (κ3) is 7.09. The van der Waals surface area contributed by atoms with E-state index >= 15 is 0 Å². The molecule has 0 aliphatic rings. The maximum atomic E-state index is 13.0. The van der Waals surface area contributed by atoms with Gasteiger partial charge in [0.1, 0.15) is 0 Å². The van der Waals surface area contributed by atoms with Crippen molar-refractivity contribution >= 4 is 29.5 Å². The second kappa shape index (κ2) is 9.09. The predicted molar refractivity (Wildman–Crippen MR) is 81.3 cm³/mol. The van der Waals surface area contributed by atoms with Crippen LogP contribution in [0.15, 0.2) is 23.1 Å². The van der Waals surface area contributed by atoms with Gasteiger partial charge in [0.25, 0.3) is 0 Å². The molecule has 6 nitrogen and oxygen atoms in total. The van der Waals surface area contributed by atoms with Crippen LogP contribution in [0.1, 0.15) is 20.3 Å². The molecule has 9 heteroatoms. The number of carbonyl (C=O) groups excluding carboxylic acids is 3. The van der Waals surface area contributed by atoms with E-state index in [9.17, 15) is 23.2 Å². The molecule has 1 rings (SSSR count). The van der Waals surface area contributed by atoms with Crippen LogP contribution in [0.3, 0.4) is 0 Å². The third-order valence-corrected chi connectivity index (χ3v) is 3.43. The van der Waals surface area contributed by atoms with Crippen molar-refractivity contribution in [2.24, 2.45) is 0 Å². The van der Waals surface area contributed by atoms with E-state index in [2.05, 4.69) is 10.7 Å². The quantitative estimate of drug-likeness (QED) is 0.424. The number of carbonyl (C=O) groups is 3. The fraction of sp³-hybridized carbons (Fsp3) is 0.357. The highest BCUT2D eigenvalue weighted by Gasteiger charge is 2.14. The summed E-state index contributed by atoms with van der Waals surface area (Å²) >= 11 is 1.16. The first-order chi connectivity index (χ1) is 10.8. The molecule has 0 aliphatic carbocycles. The van der Waals surface area contributed by atoms with E-state index in [1.165, 1.54) is 6.07 Å². The first-order valence-corrected chi connectivity index (χ1v) is 7.75. The fourth-order valence-electron chi connectivity index (χ4n) is 1.40. The van der Waals surface area contributed by atoms with E-state index in [0.29, 0.717) is 10.6 Å². The standard InChI is InChI=1S/C14H17F2N3O3S/c1-8(2)17-13(21)14(22)19-18-12(20)5-6-23-9-3-4-10(15)11(16)7-9/h3-4,7-8H,5-6H2,1-2H3,(H,17,21)(H,18,20)(H,19,22). The van der Waals surface area contributed by atoms with Crippen LogP contribution in [0.2, 0.25) is 0 Å². The summed E-state index contributed by atoms with van der Waals surface area (Å²) in [7, 11) is 0. The van der Waals surface area contributed by atoms with Crippen LogP contribution >= 0.6 is 11.8 Å². The van der Waals surface area contributed by atoms with Crippen LogP contribution in [-0.2, 0) is 14.4 Å². The molecule has 0 bridgehead atoms. The minimum absolute atomic E-state index is 0.0236. The Morgan fingerprint density at radius 1 is 1.09 bits per heavy atom. The molecular weight excluding hydrogens is 328 g/mol. The number of hydrogen-bond donors (Lipinski definition) is 3. The molecule has 3 N–H and O–H groups in total. The largest absolute Gasteiger partial charge is 0.346 e. The zero-order valence-corrected chi connectivity index (χ0v) is 13.4. The topological polar surface area (TPSA) is 87.3 Å². The smallest absolute Gasteiger partial charge is 0.327 e. The van der Waals surface area contributed by atoms with Gasteiger partial charge in [0.15, 0.2) is 11.6 Å². The number of rotatable bonds is 5. The molecule has 0 atom stereocenters. The molecule has 0 fully saturated rings. The maximum absolute atomic E-state index is 13.0. The molecule has 0 aromatic heterocycles. The second-order valence-corrected chi connectivity index (χ2v) is 5.97. The summed E-state index contributed by atoms with van der Waals surface area (Å²) in [5.74, 6) is -3.93. The average molecular weight is 345 g/mol. The Hall–Kier alpha value is -2.16. The van der Waals surface area contributed by atoms with Crippen molar-refractivity contribution < 1.29 is 23.2 Å². The van der Waals surface area contributed by atoms with Gasteiger partial charge in [-0.2, -0.15) is 0 Å². The lowest BCUT2D eigenvalue weighted by Gasteiger charge is -2.09. The predicted octanol–water partition coefficient (Wildman–Crippen LogP) is 1.12. The Bertz CT molecular complexity index is 597. The number of hydrogen-bond acceptors (Lipinski definition) is 4. The summed E-state index contributed by atoms with van der Waals surface area (Å²) in [6, 6.07) is 3.25. The van der Waals surface area contributed by atoms with Gasteiger partial charge in [-0.1, -0.05) is 0 Å². The van der Waals surface area contributed by atoms with Crippen LogP contribution in [0.25, 0.3) is 0 Å². The van der Waals surface area contributed by atoms with Gasteiger partial charge in [-0.05, 0) is 32.0 Å². The van der Waals surface area contributed by atoms with Gasteiger partial charge in [-0.3, -0.25) is 25.2 Å². The normalized spacial score (nSPS) is 10.3. The van der Waals surface area contributed by atoms with E-state index in [1.54, 1.807) is 13.8 Å². The average Bonchev–Trinajstić information content (AvgIpc) is 2.47. The van der Waals surface area contributed by atoms with Crippen molar-refractivity contribution in [2.45, 2.75) is 31.2 Å². The molecule has 1 aromatic rings. The minimum Gasteiger partial charge on any atom is -0.346 e. The van der Waals surface area contributed by atoms with Crippen LogP contribution in [0, 0.1) is 11.6 Å². The molecule has 0 saturated carbocycles. The van der Waals surface area contributed by atoms with Crippen molar-refractivity contribution in [1.82, 2.24) is 16.2 Å². The molecule has 0 radical (unpaired) electrons. The first kappa shape index (κ1) is 18.9. The Morgan fingerprint density at radius 3 is 2.39 bits per heavy atom. The highest BCUT2D eigenvalue weighted by atomic mass is 32.2. The van der Waals surface area contributed by atoms with Gasteiger partial charge in [-0.15, -0.1) is 11.8 Å². The Kier molecular flexibility index (Phi) is 7.46. The summed E-state index contributed by atoms with van der Waals surface area (Å²) in [5, 5.41) is 2.37. The molecule has 0 unspecified atom stereocenters. The highest BCUT2D eigenvalue weighted by molar-refractivity contribution is 7.99. The van der Waals surface area contributed by atoms with Crippen LogP contribution in [0.4, 0.5) is 8.78 Å². The van der Waals surface area contributed by atoms with Gasteiger partial charge in [0.2, 0.25) is 5.91 Å². The number of halogens is 2. The number of hydrazine groups is 1. The Balaban J connectivity index is 2.28. The molecule has 0 saturated heterocycles. The van der Waals surface area contributed by atoms with E-state index < -0.39 is 29.4 Å². The third-order valence-electron chi connectivity index (χ3n) is 2.43. The zero-order valence-electron chi connectivity index (χ0n) is 12.6. The fourth-order valence-corrected chi connectivity index (χ4v) is 2.28. The zero-order chi connectivity index (χ0) is 17.4. The van der Waals surface area contributed by atoms with Crippen LogP contribution in [0.5, 0.6) is 0 Å². The van der Waals surface area contributed by atoms with Gasteiger partial charge in [0.05, 0.1) is 0 Å². The molecule has 23 heavy (non-hydrogen) atoms. The van der Waals surface area contributed by atoms with Gasteiger partial charge in [0, 0.05) is 23.1 Å². The molecule has 3 amide bonds. The lowest BCUT2D eigenvalue weighted by molar-refractivity contribution is -0.141. The molecule has 0 spiro atoms. The van der Waals surface area contributed by atoms with E-state index in [1.807, 2.05) is 5.43 Å². The summed E-state index contributed by atoms with van der Waals surface area (Å²) < 4.78 is 25.7. The van der Waals surface area contributed by atoms with Crippen LogP contribution in [-0.4, -0.2) is 29.5 Å². The lowest BCUT2D eigenvalue weighted by atomic mass is 10.3. The summed E-state index contributed by atoms with van der Waals surface area (Å²) in [4.78, 5) is 34.6. The molecule has 0 heterocycles. The van der Waals surface area contributed by atoms with Crippen molar-refractivity contribution in [3.05, 3.63) is 29.8 Å². The Labute approximate surface area is 136 Å². The van der Waals surface area contributed by atoms with Crippen molar-refractivity contribution in [1.29, 1.82) is 0 Å². The maximum Gasteiger partial charge on any atom is 0.327 e. The number of thioether (sulfide) groups is 1. The molecule has 126 valence electrons. The number of amides is 3. The summed E-state index contributed by atoms with van der Waals surface area (Å²) in [5.41, 5.74) is 4.08.